The van der Waals surface area contributed by atoms with Crippen LogP contribution in [0.3, 0.4) is 0 Å². The molecule has 0 bridgehead atoms. The van der Waals surface area contributed by atoms with Crippen LogP contribution in [0.25, 0.3) is 0 Å². The Morgan fingerprint density at radius 2 is 2.00 bits per heavy atom. The number of hydrogen-bond donors (Lipinski definition) is 1. The van der Waals surface area contributed by atoms with Crippen LogP contribution in [-0.4, -0.2) is 24.7 Å². The first-order valence-electron chi connectivity index (χ1n) is 5.42. The Morgan fingerprint density at radius 1 is 1.36 bits per heavy atom. The molecule has 0 rings (SSSR count). The van der Waals surface area contributed by atoms with E-state index in [4.69, 9.17) is 4.74 Å². The monoisotopic (exact) mass is 201 g/mol. The van der Waals surface area contributed by atoms with Gasteiger partial charge in [-0.15, -0.1) is 0 Å². The molecule has 0 saturated carbocycles. The highest BCUT2D eigenvalue weighted by atomic mass is 16.5. The molecule has 0 aliphatic heterocycles. The van der Waals surface area contributed by atoms with Crippen LogP contribution < -0.4 is 5.32 Å². The van der Waals surface area contributed by atoms with Gasteiger partial charge in [-0.2, -0.15) is 0 Å². The molecule has 0 aromatic carbocycles. The summed E-state index contributed by atoms with van der Waals surface area (Å²) in [6, 6.07) is 0. The van der Waals surface area contributed by atoms with E-state index in [1.54, 1.807) is 6.92 Å². The molecule has 0 radical (unpaired) electrons. The van der Waals surface area contributed by atoms with E-state index in [-0.39, 0.29) is 11.5 Å². The molecule has 0 atom stereocenters. The molecule has 0 aromatic heterocycles. The van der Waals surface area contributed by atoms with Crippen molar-refractivity contribution in [1.82, 2.24) is 5.32 Å². The maximum atomic E-state index is 10.9. The Morgan fingerprint density at radius 3 is 2.50 bits per heavy atom. The second-order valence-electron chi connectivity index (χ2n) is 4.18. The fraction of sp³-hybridized carbons (Fsp3) is 0.909. The third kappa shape index (κ3) is 6.89. The predicted octanol–water partition coefficient (Wildman–Crippen LogP) is 2.11. The minimum atomic E-state index is -0.129. The molecule has 0 aliphatic rings. The van der Waals surface area contributed by atoms with E-state index < -0.39 is 0 Å². The van der Waals surface area contributed by atoms with E-state index in [1.807, 2.05) is 13.8 Å². The summed E-state index contributed by atoms with van der Waals surface area (Å²) in [5.41, 5.74) is -0.111. The Hall–Kier alpha value is -0.570. The van der Waals surface area contributed by atoms with Crippen LogP contribution in [0.2, 0.25) is 0 Å². The van der Waals surface area contributed by atoms with Crippen LogP contribution in [0.4, 0.5) is 0 Å². The lowest BCUT2D eigenvalue weighted by Gasteiger charge is -2.25. The lowest BCUT2D eigenvalue weighted by Crippen LogP contribution is -2.44. The second-order valence-corrected chi connectivity index (χ2v) is 4.18. The van der Waals surface area contributed by atoms with Crippen molar-refractivity contribution in [2.45, 2.75) is 52.5 Å². The zero-order valence-corrected chi connectivity index (χ0v) is 9.85. The number of unbranched alkanes of at least 4 members (excludes halogenated alkanes) is 1. The SMILES string of the molecule is CCCCNC(C)(C)COC(=O)CC. The Labute approximate surface area is 87.2 Å². The Kier molecular flexibility index (Phi) is 6.54. The van der Waals surface area contributed by atoms with E-state index in [2.05, 4.69) is 12.2 Å². The van der Waals surface area contributed by atoms with E-state index in [0.717, 1.165) is 13.0 Å². The highest BCUT2D eigenvalue weighted by molar-refractivity contribution is 5.68. The zero-order chi connectivity index (χ0) is 11.0. The molecule has 3 heteroatoms. The maximum absolute atomic E-state index is 10.9. The Bertz CT molecular complexity index is 167. The summed E-state index contributed by atoms with van der Waals surface area (Å²) >= 11 is 0. The van der Waals surface area contributed by atoms with E-state index in [1.165, 1.54) is 6.42 Å². The van der Waals surface area contributed by atoms with Crippen molar-refractivity contribution >= 4 is 5.97 Å². The quantitative estimate of drug-likeness (QED) is 0.506. The molecule has 1 N–H and O–H groups in total. The van der Waals surface area contributed by atoms with Crippen LogP contribution in [0.15, 0.2) is 0 Å². The third-order valence-corrected chi connectivity index (χ3v) is 2.02. The zero-order valence-electron chi connectivity index (χ0n) is 9.85. The lowest BCUT2D eigenvalue weighted by atomic mass is 10.1. The van der Waals surface area contributed by atoms with Gasteiger partial charge in [0, 0.05) is 12.0 Å². The van der Waals surface area contributed by atoms with Crippen LogP contribution in [0, 0.1) is 0 Å². The first kappa shape index (κ1) is 13.4. The molecule has 14 heavy (non-hydrogen) atoms. The van der Waals surface area contributed by atoms with Gasteiger partial charge in [0.1, 0.15) is 6.61 Å². The average Bonchev–Trinajstić information content (AvgIpc) is 2.14. The molecule has 0 spiro atoms. The molecule has 0 aliphatic carbocycles. The number of hydrogen-bond acceptors (Lipinski definition) is 3. The van der Waals surface area contributed by atoms with E-state index in [0.29, 0.717) is 13.0 Å². The molecule has 3 nitrogen and oxygen atoms in total. The molecular formula is C11H23NO2. The standard InChI is InChI=1S/C11H23NO2/c1-5-7-8-12-11(3,4)9-14-10(13)6-2/h12H,5-9H2,1-4H3. The van der Waals surface area contributed by atoms with Crippen LogP contribution in [0.1, 0.15) is 47.0 Å². The van der Waals surface area contributed by atoms with E-state index >= 15 is 0 Å². The summed E-state index contributed by atoms with van der Waals surface area (Å²) in [7, 11) is 0. The summed E-state index contributed by atoms with van der Waals surface area (Å²) in [4.78, 5) is 10.9. The van der Waals surface area contributed by atoms with Gasteiger partial charge >= 0.3 is 5.97 Å². The van der Waals surface area contributed by atoms with Gasteiger partial charge in [0.2, 0.25) is 0 Å². The van der Waals surface area contributed by atoms with Crippen molar-refractivity contribution in [3.05, 3.63) is 0 Å². The summed E-state index contributed by atoms with van der Waals surface area (Å²) < 4.78 is 5.09. The van der Waals surface area contributed by atoms with Gasteiger partial charge in [0.05, 0.1) is 0 Å². The van der Waals surface area contributed by atoms with Gasteiger partial charge in [0.25, 0.3) is 0 Å². The van der Waals surface area contributed by atoms with Crippen LogP contribution in [0.5, 0.6) is 0 Å². The minimum Gasteiger partial charge on any atom is -0.464 e. The van der Waals surface area contributed by atoms with Crippen LogP contribution in [-0.2, 0) is 9.53 Å². The molecule has 0 heterocycles. The van der Waals surface area contributed by atoms with Crippen molar-refractivity contribution in [2.24, 2.45) is 0 Å². The van der Waals surface area contributed by atoms with Crippen molar-refractivity contribution in [1.29, 1.82) is 0 Å². The number of ether oxygens (including phenoxy) is 1. The molecule has 0 amide bonds. The minimum absolute atomic E-state index is 0.111. The average molecular weight is 201 g/mol. The van der Waals surface area contributed by atoms with Gasteiger partial charge < -0.3 is 10.1 Å². The summed E-state index contributed by atoms with van der Waals surface area (Å²) in [6.07, 6.45) is 2.79. The summed E-state index contributed by atoms with van der Waals surface area (Å²) in [6.45, 7) is 9.49. The summed E-state index contributed by atoms with van der Waals surface area (Å²) in [5, 5.41) is 3.36. The number of carbonyl (C=O) groups excluding carboxylic acids is 1. The topological polar surface area (TPSA) is 38.3 Å². The van der Waals surface area contributed by atoms with Gasteiger partial charge in [-0.3, -0.25) is 4.79 Å². The number of rotatable bonds is 7. The summed E-state index contributed by atoms with van der Waals surface area (Å²) in [5.74, 6) is -0.129. The third-order valence-electron chi connectivity index (χ3n) is 2.02. The molecule has 0 fully saturated rings. The van der Waals surface area contributed by atoms with Gasteiger partial charge in [-0.25, -0.2) is 0 Å². The first-order chi connectivity index (χ1) is 6.52. The smallest absolute Gasteiger partial charge is 0.305 e. The van der Waals surface area contributed by atoms with Gasteiger partial charge in [0.15, 0.2) is 0 Å². The van der Waals surface area contributed by atoms with Crippen molar-refractivity contribution in [2.75, 3.05) is 13.2 Å². The van der Waals surface area contributed by atoms with Gasteiger partial charge in [-0.05, 0) is 26.8 Å². The van der Waals surface area contributed by atoms with Gasteiger partial charge in [-0.1, -0.05) is 20.3 Å². The van der Waals surface area contributed by atoms with E-state index in [9.17, 15) is 4.79 Å². The molecule has 0 aromatic rings. The first-order valence-corrected chi connectivity index (χ1v) is 5.42. The van der Waals surface area contributed by atoms with Crippen LogP contribution >= 0.6 is 0 Å². The highest BCUT2D eigenvalue weighted by Gasteiger charge is 2.18. The number of carbonyl (C=O) groups is 1. The fourth-order valence-corrected chi connectivity index (χ4v) is 1.02. The normalized spacial score (nSPS) is 11.4. The number of nitrogens with one attached hydrogen (secondary N) is 1. The predicted molar refractivity (Wildman–Crippen MR) is 58.2 cm³/mol. The molecule has 0 saturated heterocycles. The second kappa shape index (κ2) is 6.82. The van der Waals surface area contributed by atoms with Crippen molar-refractivity contribution in [3.63, 3.8) is 0 Å². The maximum Gasteiger partial charge on any atom is 0.305 e. The Balaban J connectivity index is 3.65. The molecule has 84 valence electrons. The molecule has 0 unspecified atom stereocenters. The van der Waals surface area contributed by atoms with Crippen molar-refractivity contribution in [3.8, 4) is 0 Å². The van der Waals surface area contributed by atoms with Crippen molar-refractivity contribution < 1.29 is 9.53 Å². The molecular weight excluding hydrogens is 178 g/mol. The lowest BCUT2D eigenvalue weighted by molar-refractivity contribution is -0.145. The number of esters is 1. The largest absolute Gasteiger partial charge is 0.464 e. The highest BCUT2D eigenvalue weighted by Crippen LogP contribution is 2.04. The fourth-order valence-electron chi connectivity index (χ4n) is 1.02.